The van der Waals surface area contributed by atoms with Gasteiger partial charge in [0.25, 0.3) is 0 Å². The molecule has 0 spiro atoms. The molecule has 1 N–H and O–H groups in total. The van der Waals surface area contributed by atoms with Crippen LogP contribution in [0.5, 0.6) is 5.75 Å². The minimum absolute atomic E-state index is 0.0763. The van der Waals surface area contributed by atoms with Crippen molar-refractivity contribution in [1.29, 1.82) is 0 Å². The Balaban J connectivity index is 2.07. The van der Waals surface area contributed by atoms with Gasteiger partial charge in [-0.05, 0) is 24.5 Å². The molecule has 1 aliphatic rings. The highest BCUT2D eigenvalue weighted by Crippen LogP contribution is 2.36. The van der Waals surface area contributed by atoms with Crippen molar-refractivity contribution in [2.45, 2.75) is 18.9 Å². The first kappa shape index (κ1) is 13.1. The predicted octanol–water partition coefficient (Wildman–Crippen LogP) is 3.37. The molecule has 0 fully saturated rings. The molecule has 3 rings (SSSR count). The van der Waals surface area contributed by atoms with Crippen LogP contribution >= 0.6 is 0 Å². The number of ether oxygens (including phenoxy) is 1. The van der Waals surface area contributed by atoms with E-state index in [0.717, 1.165) is 24.5 Å². The topological polar surface area (TPSA) is 29.5 Å². The number of fused-ring (bicyclic) bond motifs is 1. The van der Waals surface area contributed by atoms with Crippen LogP contribution in [0.15, 0.2) is 36.4 Å². The predicted molar refractivity (Wildman–Crippen MR) is 70.7 cm³/mol. The van der Waals surface area contributed by atoms with Gasteiger partial charge in [-0.1, -0.05) is 30.3 Å². The minimum atomic E-state index is -1.24. The summed E-state index contributed by atoms with van der Waals surface area (Å²) in [5, 5.41) is 10.4. The summed E-state index contributed by atoms with van der Waals surface area (Å²) >= 11 is 0. The first-order valence-corrected chi connectivity index (χ1v) is 6.55. The third kappa shape index (κ3) is 2.16. The van der Waals surface area contributed by atoms with E-state index in [4.69, 9.17) is 4.74 Å². The molecule has 0 radical (unpaired) electrons. The lowest BCUT2D eigenvalue weighted by molar-refractivity contribution is 0.201. The second kappa shape index (κ2) is 5.21. The Bertz CT molecular complexity index is 640. The summed E-state index contributed by atoms with van der Waals surface area (Å²) in [6.45, 7) is 0.572. The van der Waals surface area contributed by atoms with Gasteiger partial charge >= 0.3 is 0 Å². The molecule has 0 bridgehead atoms. The van der Waals surface area contributed by atoms with Crippen LogP contribution in [0.1, 0.15) is 29.2 Å². The number of aliphatic hydroxyl groups is 1. The maximum absolute atomic E-state index is 13.8. The average Bonchev–Trinajstić information content (AvgIpc) is 2.49. The van der Waals surface area contributed by atoms with Crippen LogP contribution in [0.3, 0.4) is 0 Å². The zero-order valence-corrected chi connectivity index (χ0v) is 10.8. The maximum atomic E-state index is 13.8. The van der Waals surface area contributed by atoms with E-state index in [0.29, 0.717) is 17.9 Å². The van der Waals surface area contributed by atoms with E-state index in [9.17, 15) is 13.9 Å². The van der Waals surface area contributed by atoms with Crippen molar-refractivity contribution in [2.75, 3.05) is 6.61 Å². The van der Waals surface area contributed by atoms with E-state index in [1.165, 1.54) is 12.1 Å². The largest absolute Gasteiger partial charge is 0.493 e. The van der Waals surface area contributed by atoms with Crippen molar-refractivity contribution in [3.63, 3.8) is 0 Å². The Labute approximate surface area is 115 Å². The van der Waals surface area contributed by atoms with Crippen molar-refractivity contribution >= 4 is 0 Å². The van der Waals surface area contributed by atoms with Crippen LogP contribution in [0, 0.1) is 11.6 Å². The Kier molecular flexibility index (Phi) is 3.40. The van der Waals surface area contributed by atoms with Gasteiger partial charge in [0.05, 0.1) is 6.61 Å². The van der Waals surface area contributed by atoms with E-state index in [1.807, 2.05) is 6.07 Å². The van der Waals surface area contributed by atoms with E-state index in [2.05, 4.69) is 0 Å². The van der Waals surface area contributed by atoms with Crippen LogP contribution in [-0.2, 0) is 6.42 Å². The number of benzene rings is 2. The lowest BCUT2D eigenvalue weighted by Crippen LogP contribution is -2.13. The summed E-state index contributed by atoms with van der Waals surface area (Å²) in [7, 11) is 0. The lowest BCUT2D eigenvalue weighted by Gasteiger charge is -2.23. The Hall–Kier alpha value is -1.94. The van der Waals surface area contributed by atoms with Gasteiger partial charge in [0.15, 0.2) is 11.6 Å². The van der Waals surface area contributed by atoms with Crippen molar-refractivity contribution in [3.8, 4) is 5.75 Å². The zero-order valence-electron chi connectivity index (χ0n) is 10.8. The molecule has 0 saturated carbocycles. The molecule has 1 aliphatic heterocycles. The number of hydrogen-bond acceptors (Lipinski definition) is 2. The van der Waals surface area contributed by atoms with Crippen molar-refractivity contribution in [1.82, 2.24) is 0 Å². The summed E-state index contributed by atoms with van der Waals surface area (Å²) < 4.78 is 32.7. The average molecular weight is 276 g/mol. The highest BCUT2D eigenvalue weighted by Gasteiger charge is 2.23. The van der Waals surface area contributed by atoms with E-state index >= 15 is 0 Å². The molecule has 2 aromatic carbocycles. The molecule has 1 unspecified atom stereocenters. The molecule has 104 valence electrons. The first-order chi connectivity index (χ1) is 9.68. The number of halogens is 2. The van der Waals surface area contributed by atoms with Gasteiger partial charge in [-0.3, -0.25) is 0 Å². The van der Waals surface area contributed by atoms with Gasteiger partial charge in [0.2, 0.25) is 0 Å². The summed E-state index contributed by atoms with van der Waals surface area (Å²) in [5.41, 5.74) is 1.39. The Morgan fingerprint density at radius 1 is 1.05 bits per heavy atom. The smallest absolute Gasteiger partial charge is 0.164 e. The Morgan fingerprint density at radius 3 is 2.65 bits per heavy atom. The quantitative estimate of drug-likeness (QED) is 0.911. The van der Waals surface area contributed by atoms with Gasteiger partial charge in [-0.15, -0.1) is 0 Å². The molecule has 1 heterocycles. The van der Waals surface area contributed by atoms with Gasteiger partial charge < -0.3 is 9.84 Å². The molecule has 2 nitrogen and oxygen atoms in total. The highest BCUT2D eigenvalue weighted by atomic mass is 19.2. The number of aryl methyl sites for hydroxylation is 1. The summed E-state index contributed by atoms with van der Waals surface area (Å²) in [5.74, 6) is -1.39. The summed E-state index contributed by atoms with van der Waals surface area (Å²) in [6.07, 6.45) is 0.543. The van der Waals surface area contributed by atoms with Crippen molar-refractivity contribution in [2.24, 2.45) is 0 Å². The fraction of sp³-hybridized carbons (Fsp3) is 0.250. The third-order valence-corrected chi connectivity index (χ3v) is 3.53. The van der Waals surface area contributed by atoms with Gasteiger partial charge in [-0.25, -0.2) is 8.78 Å². The van der Waals surface area contributed by atoms with Crippen LogP contribution in [0.4, 0.5) is 8.78 Å². The van der Waals surface area contributed by atoms with Crippen molar-refractivity contribution < 1.29 is 18.6 Å². The van der Waals surface area contributed by atoms with Crippen LogP contribution in [0.2, 0.25) is 0 Å². The second-order valence-electron chi connectivity index (χ2n) is 4.83. The number of para-hydroxylation sites is 1. The van der Waals surface area contributed by atoms with Crippen LogP contribution < -0.4 is 4.74 Å². The lowest BCUT2D eigenvalue weighted by atomic mass is 9.95. The molecule has 0 saturated heterocycles. The SMILES string of the molecule is OC(c1cccc(F)c1F)c1cccc2c1OCCC2. The fourth-order valence-electron chi connectivity index (χ4n) is 2.53. The Morgan fingerprint density at radius 2 is 1.80 bits per heavy atom. The van der Waals surface area contributed by atoms with Crippen molar-refractivity contribution in [3.05, 3.63) is 64.7 Å². The molecular weight excluding hydrogens is 262 g/mol. The van der Waals surface area contributed by atoms with Crippen LogP contribution in [-0.4, -0.2) is 11.7 Å². The standard InChI is InChI=1S/C16H14F2O2/c17-13-8-2-6-11(14(13)18)15(19)12-7-1-4-10-5-3-9-20-16(10)12/h1-2,4,6-8,15,19H,3,5,9H2. The highest BCUT2D eigenvalue weighted by molar-refractivity contribution is 5.47. The summed E-state index contributed by atoms with van der Waals surface area (Å²) in [6, 6.07) is 9.19. The summed E-state index contributed by atoms with van der Waals surface area (Å²) in [4.78, 5) is 0. The molecule has 2 aromatic rings. The fourth-order valence-corrected chi connectivity index (χ4v) is 2.53. The van der Waals surface area contributed by atoms with Gasteiger partial charge in [0.1, 0.15) is 11.9 Å². The maximum Gasteiger partial charge on any atom is 0.164 e. The first-order valence-electron chi connectivity index (χ1n) is 6.55. The van der Waals surface area contributed by atoms with Gasteiger partial charge in [-0.2, -0.15) is 0 Å². The number of aliphatic hydroxyl groups excluding tert-OH is 1. The monoisotopic (exact) mass is 276 g/mol. The third-order valence-electron chi connectivity index (χ3n) is 3.53. The molecule has 0 aliphatic carbocycles. The van der Waals surface area contributed by atoms with E-state index < -0.39 is 17.7 Å². The molecule has 4 heteroatoms. The van der Waals surface area contributed by atoms with E-state index in [1.54, 1.807) is 12.1 Å². The molecular formula is C16H14F2O2. The second-order valence-corrected chi connectivity index (χ2v) is 4.83. The molecule has 1 atom stereocenters. The van der Waals surface area contributed by atoms with Crippen LogP contribution in [0.25, 0.3) is 0 Å². The number of rotatable bonds is 2. The molecule has 0 amide bonds. The van der Waals surface area contributed by atoms with Gasteiger partial charge in [0, 0.05) is 11.1 Å². The van der Waals surface area contributed by atoms with E-state index in [-0.39, 0.29) is 5.56 Å². The number of hydrogen-bond donors (Lipinski definition) is 1. The normalized spacial score (nSPS) is 15.3. The molecule has 20 heavy (non-hydrogen) atoms. The minimum Gasteiger partial charge on any atom is -0.493 e. The molecule has 0 aromatic heterocycles. The zero-order chi connectivity index (χ0) is 14.1.